The van der Waals surface area contributed by atoms with Crippen molar-refractivity contribution in [2.45, 2.75) is 65.4 Å². The summed E-state index contributed by atoms with van der Waals surface area (Å²) in [5.74, 6) is 1.45. The van der Waals surface area contributed by atoms with Crippen molar-refractivity contribution >= 4 is 5.97 Å². The Morgan fingerprint density at radius 1 is 1.24 bits per heavy atom. The number of hydrogen-bond acceptors (Lipinski definition) is 2. The van der Waals surface area contributed by atoms with E-state index in [2.05, 4.69) is 20.8 Å². The summed E-state index contributed by atoms with van der Waals surface area (Å²) in [6, 6.07) is 0. The maximum absolute atomic E-state index is 11.9. The smallest absolute Gasteiger partial charge is 0.306 e. The van der Waals surface area contributed by atoms with Crippen molar-refractivity contribution in [3.8, 4) is 0 Å². The van der Waals surface area contributed by atoms with Crippen LogP contribution in [0.25, 0.3) is 0 Å². The molecule has 3 aliphatic carbocycles. The standard InChI is InChI=1S/C15H24O2/c1-14(2)11-6-7-15(14,3)12(9-11)17-13(16)8-10-4-5-10/h10-12H,4-9H2,1-3H3. The topological polar surface area (TPSA) is 26.3 Å². The summed E-state index contributed by atoms with van der Waals surface area (Å²) in [4.78, 5) is 11.9. The van der Waals surface area contributed by atoms with E-state index >= 15 is 0 Å². The third-order valence-electron chi connectivity index (χ3n) is 6.14. The van der Waals surface area contributed by atoms with Gasteiger partial charge in [0, 0.05) is 11.8 Å². The molecule has 2 bridgehead atoms. The Balaban J connectivity index is 1.67. The van der Waals surface area contributed by atoms with Crippen LogP contribution in [0.3, 0.4) is 0 Å². The molecule has 3 fully saturated rings. The number of hydrogen-bond donors (Lipinski definition) is 0. The molecule has 0 radical (unpaired) electrons. The number of esters is 1. The van der Waals surface area contributed by atoms with Crippen LogP contribution >= 0.6 is 0 Å². The van der Waals surface area contributed by atoms with Gasteiger partial charge in [0.25, 0.3) is 0 Å². The molecule has 0 aromatic rings. The summed E-state index contributed by atoms with van der Waals surface area (Å²) in [6.45, 7) is 7.05. The summed E-state index contributed by atoms with van der Waals surface area (Å²) < 4.78 is 5.80. The van der Waals surface area contributed by atoms with Crippen molar-refractivity contribution in [1.82, 2.24) is 0 Å². The molecule has 0 aromatic heterocycles. The van der Waals surface area contributed by atoms with Gasteiger partial charge in [-0.25, -0.2) is 0 Å². The molecule has 3 atom stereocenters. The fraction of sp³-hybridized carbons (Fsp3) is 0.933. The number of ether oxygens (including phenoxy) is 1. The molecule has 3 rings (SSSR count). The van der Waals surface area contributed by atoms with Gasteiger partial charge in [-0.3, -0.25) is 4.79 Å². The third-order valence-corrected chi connectivity index (χ3v) is 6.14. The van der Waals surface area contributed by atoms with Crippen molar-refractivity contribution in [1.29, 1.82) is 0 Å². The minimum absolute atomic E-state index is 0.0575. The molecule has 0 heterocycles. The van der Waals surface area contributed by atoms with Crippen molar-refractivity contribution in [3.05, 3.63) is 0 Å². The average Bonchev–Trinajstić information content (AvgIpc) is 2.98. The first-order valence-corrected chi connectivity index (χ1v) is 7.13. The predicted octanol–water partition coefficient (Wildman–Crippen LogP) is 3.54. The largest absolute Gasteiger partial charge is 0.462 e. The molecule has 17 heavy (non-hydrogen) atoms. The lowest BCUT2D eigenvalue weighted by molar-refractivity contribution is -0.157. The molecule has 2 nitrogen and oxygen atoms in total. The highest BCUT2D eigenvalue weighted by molar-refractivity contribution is 5.70. The molecule has 3 aliphatic rings. The summed E-state index contributed by atoms with van der Waals surface area (Å²) in [5.41, 5.74) is 0.564. The minimum Gasteiger partial charge on any atom is -0.462 e. The zero-order chi connectivity index (χ0) is 12.3. The van der Waals surface area contributed by atoms with Gasteiger partial charge in [-0.15, -0.1) is 0 Å². The third kappa shape index (κ3) is 1.63. The van der Waals surface area contributed by atoms with E-state index in [1.165, 1.54) is 25.7 Å². The molecule has 3 unspecified atom stereocenters. The fourth-order valence-corrected chi connectivity index (χ4v) is 4.07. The Hall–Kier alpha value is -0.530. The average molecular weight is 236 g/mol. The quantitative estimate of drug-likeness (QED) is 0.700. The second-order valence-electron chi connectivity index (χ2n) is 7.24. The van der Waals surface area contributed by atoms with Gasteiger partial charge in [-0.1, -0.05) is 20.8 Å². The predicted molar refractivity (Wildman–Crippen MR) is 66.5 cm³/mol. The molecular weight excluding hydrogens is 212 g/mol. The molecule has 0 aliphatic heterocycles. The normalized spacial score (nSPS) is 42.8. The van der Waals surface area contributed by atoms with Gasteiger partial charge in [-0.2, -0.15) is 0 Å². The Labute approximate surface area is 104 Å². The number of rotatable bonds is 3. The molecule has 96 valence electrons. The summed E-state index contributed by atoms with van der Waals surface area (Å²) in [7, 11) is 0. The highest BCUT2D eigenvalue weighted by Crippen LogP contribution is 2.66. The second-order valence-corrected chi connectivity index (χ2v) is 7.24. The number of carbonyl (C=O) groups excluding carboxylic acids is 1. The van der Waals surface area contributed by atoms with Crippen molar-refractivity contribution in [3.63, 3.8) is 0 Å². The van der Waals surface area contributed by atoms with Crippen LogP contribution in [0.1, 0.15) is 59.3 Å². The van der Waals surface area contributed by atoms with Gasteiger partial charge in [-0.05, 0) is 49.4 Å². The van der Waals surface area contributed by atoms with E-state index in [0.29, 0.717) is 17.8 Å². The maximum Gasteiger partial charge on any atom is 0.306 e. The fourth-order valence-electron chi connectivity index (χ4n) is 4.07. The van der Waals surface area contributed by atoms with E-state index in [1.54, 1.807) is 0 Å². The van der Waals surface area contributed by atoms with Gasteiger partial charge in [0.05, 0.1) is 0 Å². The molecule has 0 N–H and O–H groups in total. The highest BCUT2D eigenvalue weighted by atomic mass is 16.5. The monoisotopic (exact) mass is 236 g/mol. The Kier molecular flexibility index (Phi) is 2.37. The summed E-state index contributed by atoms with van der Waals surface area (Å²) >= 11 is 0. The number of fused-ring (bicyclic) bond motifs is 2. The van der Waals surface area contributed by atoms with Gasteiger partial charge in [0.15, 0.2) is 0 Å². The Morgan fingerprint density at radius 2 is 1.94 bits per heavy atom. The maximum atomic E-state index is 11.9. The van der Waals surface area contributed by atoms with Crippen LogP contribution in [0.4, 0.5) is 0 Å². The van der Waals surface area contributed by atoms with Gasteiger partial charge < -0.3 is 4.74 Å². The first-order valence-electron chi connectivity index (χ1n) is 7.13. The zero-order valence-corrected chi connectivity index (χ0v) is 11.3. The van der Waals surface area contributed by atoms with E-state index in [4.69, 9.17) is 4.74 Å². The lowest BCUT2D eigenvalue weighted by Crippen LogP contribution is -2.38. The minimum atomic E-state index is 0.0575. The van der Waals surface area contributed by atoms with E-state index in [-0.39, 0.29) is 17.5 Å². The molecular formula is C15H24O2. The van der Waals surface area contributed by atoms with E-state index in [9.17, 15) is 4.79 Å². The van der Waals surface area contributed by atoms with Crippen molar-refractivity contribution in [2.75, 3.05) is 0 Å². The van der Waals surface area contributed by atoms with Gasteiger partial charge in [0.2, 0.25) is 0 Å². The van der Waals surface area contributed by atoms with Crippen LogP contribution in [-0.4, -0.2) is 12.1 Å². The van der Waals surface area contributed by atoms with Crippen LogP contribution in [-0.2, 0) is 9.53 Å². The molecule has 3 saturated carbocycles. The lowest BCUT2D eigenvalue weighted by Gasteiger charge is -2.38. The van der Waals surface area contributed by atoms with Crippen LogP contribution < -0.4 is 0 Å². The van der Waals surface area contributed by atoms with Gasteiger partial charge in [0.1, 0.15) is 6.10 Å². The number of carbonyl (C=O) groups is 1. The van der Waals surface area contributed by atoms with Crippen LogP contribution in [0.15, 0.2) is 0 Å². The van der Waals surface area contributed by atoms with E-state index < -0.39 is 0 Å². The zero-order valence-electron chi connectivity index (χ0n) is 11.3. The Bertz CT molecular complexity index is 343. The van der Waals surface area contributed by atoms with Crippen molar-refractivity contribution < 1.29 is 9.53 Å². The summed E-state index contributed by atoms with van der Waals surface area (Å²) in [6.07, 6.45) is 6.95. The molecule has 0 saturated heterocycles. The van der Waals surface area contributed by atoms with Crippen LogP contribution in [0.5, 0.6) is 0 Å². The summed E-state index contributed by atoms with van der Waals surface area (Å²) in [5, 5.41) is 0. The van der Waals surface area contributed by atoms with E-state index in [0.717, 1.165) is 12.3 Å². The highest BCUT2D eigenvalue weighted by Gasteiger charge is 2.62. The van der Waals surface area contributed by atoms with Crippen LogP contribution in [0.2, 0.25) is 0 Å². The molecule has 2 heteroatoms. The molecule has 0 amide bonds. The Morgan fingerprint density at radius 3 is 2.41 bits per heavy atom. The van der Waals surface area contributed by atoms with Crippen LogP contribution in [0, 0.1) is 22.7 Å². The molecule has 0 spiro atoms. The SMILES string of the molecule is CC1(C)C2CCC1(C)C(OC(=O)CC1CC1)C2. The van der Waals surface area contributed by atoms with E-state index in [1.807, 2.05) is 0 Å². The van der Waals surface area contributed by atoms with Gasteiger partial charge >= 0.3 is 5.97 Å². The lowest BCUT2D eigenvalue weighted by atomic mass is 9.70. The molecule has 0 aromatic carbocycles. The van der Waals surface area contributed by atoms with Crippen molar-refractivity contribution in [2.24, 2.45) is 22.7 Å². The first kappa shape index (κ1) is 11.6. The first-order chi connectivity index (χ1) is 7.93. The second kappa shape index (κ2) is 3.49.